The third-order valence-electron chi connectivity index (χ3n) is 4.61. The van der Waals surface area contributed by atoms with E-state index in [1.165, 1.54) is 0 Å². The molecule has 1 aliphatic heterocycles. The van der Waals surface area contributed by atoms with Crippen molar-refractivity contribution in [3.05, 3.63) is 46.8 Å². The van der Waals surface area contributed by atoms with Crippen LogP contribution in [0, 0.1) is 5.92 Å². The van der Waals surface area contributed by atoms with Crippen LogP contribution < -0.4 is 15.4 Å². The van der Waals surface area contributed by atoms with Gasteiger partial charge in [0.1, 0.15) is 5.75 Å². The highest BCUT2D eigenvalue weighted by atomic mass is 35.5. The van der Waals surface area contributed by atoms with Crippen molar-refractivity contribution in [3.63, 3.8) is 0 Å². The van der Waals surface area contributed by atoms with E-state index in [1.54, 1.807) is 0 Å². The van der Waals surface area contributed by atoms with Gasteiger partial charge in [-0.1, -0.05) is 26.0 Å². The monoisotopic (exact) mass is 392 g/mol. The normalized spacial score (nSPS) is 13.7. The van der Waals surface area contributed by atoms with Crippen LogP contribution in [0.2, 0.25) is 0 Å². The summed E-state index contributed by atoms with van der Waals surface area (Å²) in [7, 11) is 0. The van der Waals surface area contributed by atoms with Gasteiger partial charge in [0.05, 0.1) is 12.1 Å². The fraction of sp³-hybridized carbons (Fsp3) is 0.500. The Morgan fingerprint density at radius 2 is 2.00 bits per heavy atom. The number of ether oxygens (including phenoxy) is 1. The van der Waals surface area contributed by atoms with Crippen LogP contribution in [-0.4, -0.2) is 29.3 Å². The molecule has 2 heterocycles. The van der Waals surface area contributed by atoms with Crippen molar-refractivity contribution in [2.24, 2.45) is 5.92 Å². The maximum absolute atomic E-state index is 12.8. The molecule has 7 heteroatoms. The predicted molar refractivity (Wildman–Crippen MR) is 109 cm³/mol. The molecule has 0 bridgehead atoms. The lowest BCUT2D eigenvalue weighted by Gasteiger charge is -2.27. The summed E-state index contributed by atoms with van der Waals surface area (Å²) >= 11 is 0. The van der Waals surface area contributed by atoms with Crippen LogP contribution in [-0.2, 0) is 18.5 Å². The van der Waals surface area contributed by atoms with Gasteiger partial charge in [0, 0.05) is 30.8 Å². The van der Waals surface area contributed by atoms with Crippen molar-refractivity contribution in [3.8, 4) is 5.75 Å². The third kappa shape index (κ3) is 5.02. The number of nitrogens with zero attached hydrogens (tertiary/aromatic N) is 1. The number of amides is 1. The molecule has 0 saturated heterocycles. The highest BCUT2D eigenvalue weighted by molar-refractivity contribution is 5.94. The Kier molecular flexibility index (Phi) is 6.89. The van der Waals surface area contributed by atoms with E-state index in [1.807, 2.05) is 38.1 Å². The van der Waals surface area contributed by atoms with Crippen LogP contribution >= 0.6 is 12.4 Å². The number of benzene rings is 1. The summed E-state index contributed by atoms with van der Waals surface area (Å²) in [6, 6.07) is 7.90. The fourth-order valence-electron chi connectivity index (χ4n) is 3.06. The van der Waals surface area contributed by atoms with Gasteiger partial charge in [0.15, 0.2) is 5.69 Å². The Morgan fingerprint density at radius 1 is 1.30 bits per heavy atom. The fourth-order valence-corrected chi connectivity index (χ4v) is 3.06. The maximum Gasteiger partial charge on any atom is 0.272 e. The van der Waals surface area contributed by atoms with Crippen molar-refractivity contribution in [2.75, 3.05) is 13.2 Å². The van der Waals surface area contributed by atoms with Gasteiger partial charge in [-0.3, -0.25) is 9.89 Å². The quantitative estimate of drug-likeness (QED) is 0.705. The van der Waals surface area contributed by atoms with Crippen LogP contribution in [0.5, 0.6) is 5.75 Å². The molecule has 2 aromatic rings. The highest BCUT2D eigenvalue weighted by Crippen LogP contribution is 2.24. The standard InChI is InChI=1S/C20H28N4O2.ClH/c1-13(2)12-26-15-7-5-14(6-8-15)20(3,4)22-19(25)18-16-11-21-10-9-17(16)23-24-18;/h5-8,13,21H,9-12H2,1-4H3,(H,22,25)(H,23,24);1H. The molecule has 0 radical (unpaired) electrons. The zero-order chi connectivity index (χ0) is 18.7. The van der Waals surface area contributed by atoms with E-state index < -0.39 is 5.54 Å². The minimum atomic E-state index is -0.512. The molecular formula is C20H29ClN4O2. The van der Waals surface area contributed by atoms with Gasteiger partial charge in [0.25, 0.3) is 5.91 Å². The van der Waals surface area contributed by atoms with Crippen molar-refractivity contribution in [2.45, 2.75) is 46.2 Å². The molecule has 0 aliphatic carbocycles. The van der Waals surface area contributed by atoms with Crippen molar-refractivity contribution in [1.82, 2.24) is 20.8 Å². The lowest BCUT2D eigenvalue weighted by Crippen LogP contribution is -2.41. The van der Waals surface area contributed by atoms with Crippen LogP contribution in [0.1, 0.15) is 55.0 Å². The van der Waals surface area contributed by atoms with Crippen LogP contribution in [0.4, 0.5) is 0 Å². The van der Waals surface area contributed by atoms with Gasteiger partial charge >= 0.3 is 0 Å². The minimum absolute atomic E-state index is 0. The Bertz CT molecular complexity index is 769. The maximum atomic E-state index is 12.8. The molecule has 0 unspecified atom stereocenters. The van der Waals surface area contributed by atoms with Crippen molar-refractivity contribution in [1.29, 1.82) is 0 Å². The van der Waals surface area contributed by atoms with Gasteiger partial charge in [-0.05, 0) is 37.5 Å². The van der Waals surface area contributed by atoms with Crippen LogP contribution in [0.25, 0.3) is 0 Å². The van der Waals surface area contributed by atoms with E-state index in [0.29, 0.717) is 24.8 Å². The van der Waals surface area contributed by atoms with Gasteiger partial charge < -0.3 is 15.4 Å². The van der Waals surface area contributed by atoms with Gasteiger partial charge in [-0.2, -0.15) is 5.10 Å². The van der Waals surface area contributed by atoms with E-state index in [2.05, 4.69) is 34.7 Å². The Balaban J connectivity index is 0.00000261. The molecule has 0 atom stereocenters. The molecule has 3 rings (SSSR count). The first-order chi connectivity index (χ1) is 12.4. The number of hydrogen-bond acceptors (Lipinski definition) is 4. The Morgan fingerprint density at radius 3 is 2.67 bits per heavy atom. The van der Waals surface area contributed by atoms with Crippen LogP contribution in [0.3, 0.4) is 0 Å². The molecule has 1 aliphatic rings. The lowest BCUT2D eigenvalue weighted by molar-refractivity contribution is 0.0905. The second-order valence-corrected chi connectivity index (χ2v) is 7.76. The first-order valence-corrected chi connectivity index (χ1v) is 9.19. The number of rotatable bonds is 6. The highest BCUT2D eigenvalue weighted by Gasteiger charge is 2.28. The van der Waals surface area contributed by atoms with E-state index >= 15 is 0 Å². The summed E-state index contributed by atoms with van der Waals surface area (Å²) in [5, 5.41) is 13.6. The topological polar surface area (TPSA) is 79.0 Å². The molecule has 0 fully saturated rings. The minimum Gasteiger partial charge on any atom is -0.493 e. The number of carbonyl (C=O) groups excluding carboxylic acids is 1. The molecule has 0 saturated carbocycles. The lowest BCUT2D eigenvalue weighted by atomic mass is 9.93. The number of hydrogen-bond donors (Lipinski definition) is 3. The smallest absolute Gasteiger partial charge is 0.272 e. The second-order valence-electron chi connectivity index (χ2n) is 7.76. The van der Waals surface area contributed by atoms with Gasteiger partial charge in [-0.25, -0.2) is 0 Å². The molecule has 0 spiro atoms. The second kappa shape index (κ2) is 8.76. The predicted octanol–water partition coefficient (Wildman–Crippen LogP) is 3.18. The summed E-state index contributed by atoms with van der Waals surface area (Å²) in [6.07, 6.45) is 0.872. The summed E-state index contributed by atoms with van der Waals surface area (Å²) in [5.41, 5.74) is 3.02. The first-order valence-electron chi connectivity index (χ1n) is 9.19. The van der Waals surface area contributed by atoms with Gasteiger partial charge in [0.2, 0.25) is 0 Å². The number of carbonyl (C=O) groups is 1. The van der Waals surface area contributed by atoms with E-state index in [0.717, 1.165) is 35.5 Å². The molecule has 6 nitrogen and oxygen atoms in total. The summed E-state index contributed by atoms with van der Waals surface area (Å²) in [4.78, 5) is 12.8. The SMILES string of the molecule is CC(C)COc1ccc(C(C)(C)NC(=O)c2n[nH]c3c2CNCC3)cc1.Cl. The number of halogens is 1. The summed E-state index contributed by atoms with van der Waals surface area (Å²) < 4.78 is 5.73. The average molecular weight is 393 g/mol. The average Bonchev–Trinajstić information content (AvgIpc) is 3.04. The number of H-pyrrole nitrogens is 1. The van der Waals surface area contributed by atoms with Gasteiger partial charge in [-0.15, -0.1) is 12.4 Å². The van der Waals surface area contributed by atoms with Crippen molar-refractivity contribution < 1.29 is 9.53 Å². The number of fused-ring (bicyclic) bond motifs is 1. The van der Waals surface area contributed by atoms with Crippen LogP contribution in [0.15, 0.2) is 24.3 Å². The zero-order valence-corrected chi connectivity index (χ0v) is 17.2. The molecule has 27 heavy (non-hydrogen) atoms. The van der Waals surface area contributed by atoms with E-state index in [-0.39, 0.29) is 18.3 Å². The molecule has 1 aromatic heterocycles. The van der Waals surface area contributed by atoms with E-state index in [9.17, 15) is 4.79 Å². The molecule has 148 valence electrons. The molecule has 1 aromatic carbocycles. The van der Waals surface area contributed by atoms with Crippen molar-refractivity contribution >= 4 is 18.3 Å². The molecular weight excluding hydrogens is 364 g/mol. The molecule has 1 amide bonds. The number of aromatic amines is 1. The Hall–Kier alpha value is -2.05. The summed E-state index contributed by atoms with van der Waals surface area (Å²) in [5.74, 6) is 1.17. The Labute approximate surface area is 166 Å². The molecule has 3 N–H and O–H groups in total. The largest absolute Gasteiger partial charge is 0.493 e. The first kappa shape index (κ1) is 21.3. The summed E-state index contributed by atoms with van der Waals surface area (Å²) in [6.45, 7) is 10.5. The number of aromatic nitrogens is 2. The number of nitrogens with one attached hydrogen (secondary N) is 3. The van der Waals surface area contributed by atoms with E-state index in [4.69, 9.17) is 4.74 Å². The third-order valence-corrected chi connectivity index (χ3v) is 4.61. The zero-order valence-electron chi connectivity index (χ0n) is 16.4.